The number of methoxy groups -OCH3 is 1. The molecular formula is C25H26ClN3O4. The maximum atomic E-state index is 12.9. The first-order chi connectivity index (χ1) is 15.9. The number of aryl methyl sites for hydroxylation is 2. The molecule has 1 heterocycles. The van der Waals surface area contributed by atoms with Crippen LogP contribution in [0.2, 0.25) is 5.28 Å². The average molecular weight is 468 g/mol. The zero-order valence-electron chi connectivity index (χ0n) is 19.0. The summed E-state index contributed by atoms with van der Waals surface area (Å²) in [6, 6.07) is 13.5. The summed E-state index contributed by atoms with van der Waals surface area (Å²) in [5.74, 6) is 0.398. The molecule has 1 amide bonds. The van der Waals surface area contributed by atoms with Crippen molar-refractivity contribution in [3.8, 4) is 5.75 Å². The molecule has 0 aliphatic carbocycles. The molecule has 0 radical (unpaired) electrons. The number of carbonyl (C=O) groups is 2. The predicted octanol–water partition coefficient (Wildman–Crippen LogP) is 4.44. The maximum absolute atomic E-state index is 12.9. The van der Waals surface area contributed by atoms with Gasteiger partial charge < -0.3 is 14.8 Å². The fourth-order valence-electron chi connectivity index (χ4n) is 3.69. The van der Waals surface area contributed by atoms with E-state index in [2.05, 4.69) is 10.3 Å². The molecule has 0 aliphatic rings. The van der Waals surface area contributed by atoms with Crippen LogP contribution in [0.5, 0.6) is 5.75 Å². The zero-order chi connectivity index (χ0) is 24.0. The summed E-state index contributed by atoms with van der Waals surface area (Å²) in [5.41, 5.74) is 4.19. The van der Waals surface area contributed by atoms with Crippen molar-refractivity contribution >= 4 is 35.4 Å². The fraction of sp³-hybridized carbons (Fsp3) is 0.240. The second-order valence-electron chi connectivity index (χ2n) is 7.45. The van der Waals surface area contributed by atoms with E-state index in [1.54, 1.807) is 13.2 Å². The monoisotopic (exact) mass is 467 g/mol. The molecule has 3 rings (SSSR count). The number of halogens is 1. The normalized spacial score (nSPS) is 11.4. The molecule has 0 atom stereocenters. The van der Waals surface area contributed by atoms with Gasteiger partial charge in [-0.2, -0.15) is 0 Å². The SMILES string of the molecule is CNC(=O)/C(=C/c1cc(C)c(OC)c(C)c1)c1c(C=O)nc(Cl)n1COCc1ccccc1. The number of carbonyl (C=O) groups excluding carboxylic acids is 2. The van der Waals surface area contributed by atoms with E-state index in [-0.39, 0.29) is 34.9 Å². The Kier molecular flexibility index (Phi) is 8.03. The standard InChI is InChI=1S/C25H26ClN3O4/c1-16-10-19(11-17(2)23(16)32-4)12-20(24(31)27-3)22-21(13-30)28-25(26)29(22)15-33-14-18-8-6-5-7-9-18/h5-13H,14-15H2,1-4H3,(H,27,31)/b20-12+. The molecule has 172 valence electrons. The fourth-order valence-corrected chi connectivity index (χ4v) is 3.91. The topological polar surface area (TPSA) is 82.5 Å². The van der Waals surface area contributed by atoms with Gasteiger partial charge in [-0.15, -0.1) is 0 Å². The Hall–Kier alpha value is -3.42. The molecule has 2 aromatic carbocycles. The van der Waals surface area contributed by atoms with Crippen LogP contribution in [0.4, 0.5) is 0 Å². The summed E-state index contributed by atoms with van der Waals surface area (Å²) in [5, 5.41) is 2.69. The molecule has 0 aliphatic heterocycles. The third-order valence-corrected chi connectivity index (χ3v) is 5.40. The maximum Gasteiger partial charge on any atom is 0.253 e. The van der Waals surface area contributed by atoms with E-state index in [1.807, 2.05) is 56.3 Å². The van der Waals surface area contributed by atoms with Crippen molar-refractivity contribution in [1.82, 2.24) is 14.9 Å². The van der Waals surface area contributed by atoms with Crippen molar-refractivity contribution in [2.45, 2.75) is 27.2 Å². The van der Waals surface area contributed by atoms with Crippen molar-refractivity contribution < 1.29 is 19.1 Å². The van der Waals surface area contributed by atoms with Gasteiger partial charge >= 0.3 is 0 Å². The number of benzene rings is 2. The van der Waals surface area contributed by atoms with Gasteiger partial charge in [0, 0.05) is 7.05 Å². The molecule has 33 heavy (non-hydrogen) atoms. The van der Waals surface area contributed by atoms with Gasteiger partial charge in [0.15, 0.2) is 6.29 Å². The minimum absolute atomic E-state index is 0.0128. The number of hydrogen-bond acceptors (Lipinski definition) is 5. The van der Waals surface area contributed by atoms with Crippen molar-refractivity contribution in [2.75, 3.05) is 14.2 Å². The van der Waals surface area contributed by atoms with Crippen LogP contribution in [0.1, 0.15) is 38.4 Å². The van der Waals surface area contributed by atoms with E-state index in [4.69, 9.17) is 21.1 Å². The van der Waals surface area contributed by atoms with Crippen LogP contribution < -0.4 is 10.1 Å². The van der Waals surface area contributed by atoms with Crippen LogP contribution in [0, 0.1) is 13.8 Å². The van der Waals surface area contributed by atoms with Crippen LogP contribution in [0.3, 0.4) is 0 Å². The molecule has 1 N–H and O–H groups in total. The summed E-state index contributed by atoms with van der Waals surface area (Å²) in [6.45, 7) is 4.20. The lowest BCUT2D eigenvalue weighted by molar-refractivity contribution is -0.115. The molecular weight excluding hydrogens is 442 g/mol. The lowest BCUT2D eigenvalue weighted by Gasteiger charge is -2.14. The van der Waals surface area contributed by atoms with Crippen molar-refractivity contribution in [3.63, 3.8) is 0 Å². The Morgan fingerprint density at radius 2 is 1.85 bits per heavy atom. The highest BCUT2D eigenvalue weighted by Crippen LogP contribution is 2.29. The Labute approximate surface area is 198 Å². The number of aromatic nitrogens is 2. The molecule has 8 heteroatoms. The number of hydrogen-bond donors (Lipinski definition) is 1. The lowest BCUT2D eigenvalue weighted by atomic mass is 10.0. The van der Waals surface area contributed by atoms with Crippen LogP contribution in [-0.4, -0.2) is 35.9 Å². The Bertz CT molecular complexity index is 1160. The number of ether oxygens (including phenoxy) is 2. The van der Waals surface area contributed by atoms with Gasteiger partial charge in [-0.1, -0.05) is 30.3 Å². The number of nitrogens with one attached hydrogen (secondary N) is 1. The van der Waals surface area contributed by atoms with E-state index in [0.717, 1.165) is 28.0 Å². The summed E-state index contributed by atoms with van der Waals surface area (Å²) in [4.78, 5) is 28.8. The Morgan fingerprint density at radius 1 is 1.18 bits per heavy atom. The largest absolute Gasteiger partial charge is 0.496 e. The molecule has 0 saturated heterocycles. The van der Waals surface area contributed by atoms with Crippen molar-refractivity contribution in [2.24, 2.45) is 0 Å². The van der Waals surface area contributed by atoms with E-state index in [1.165, 1.54) is 11.6 Å². The average Bonchev–Trinajstić information content (AvgIpc) is 3.12. The molecule has 7 nitrogen and oxygen atoms in total. The third-order valence-electron chi connectivity index (χ3n) is 5.12. The van der Waals surface area contributed by atoms with E-state index in [9.17, 15) is 9.59 Å². The quantitative estimate of drug-likeness (QED) is 0.371. The Balaban J connectivity index is 2.05. The Morgan fingerprint density at radius 3 is 2.42 bits per heavy atom. The first-order valence-corrected chi connectivity index (χ1v) is 10.7. The van der Waals surface area contributed by atoms with E-state index < -0.39 is 0 Å². The van der Waals surface area contributed by atoms with E-state index in [0.29, 0.717) is 12.9 Å². The summed E-state index contributed by atoms with van der Waals surface area (Å²) < 4.78 is 12.8. The summed E-state index contributed by atoms with van der Waals surface area (Å²) in [7, 11) is 3.14. The second-order valence-corrected chi connectivity index (χ2v) is 7.79. The van der Waals surface area contributed by atoms with Gasteiger partial charge in [0.25, 0.3) is 5.91 Å². The predicted molar refractivity (Wildman–Crippen MR) is 128 cm³/mol. The highest BCUT2D eigenvalue weighted by atomic mass is 35.5. The van der Waals surface area contributed by atoms with Gasteiger partial charge in [-0.05, 0) is 65.9 Å². The first kappa shape index (κ1) is 24.2. The first-order valence-electron chi connectivity index (χ1n) is 10.3. The van der Waals surface area contributed by atoms with Gasteiger partial charge in [-0.3, -0.25) is 14.2 Å². The minimum atomic E-state index is -0.384. The minimum Gasteiger partial charge on any atom is -0.496 e. The summed E-state index contributed by atoms with van der Waals surface area (Å²) in [6.07, 6.45) is 2.28. The van der Waals surface area contributed by atoms with E-state index >= 15 is 0 Å². The molecule has 0 spiro atoms. The molecule has 0 fully saturated rings. The molecule has 1 aromatic heterocycles. The molecule has 0 saturated carbocycles. The van der Waals surface area contributed by atoms with Gasteiger partial charge in [0.1, 0.15) is 18.2 Å². The zero-order valence-corrected chi connectivity index (χ0v) is 19.8. The van der Waals surface area contributed by atoms with Gasteiger partial charge in [0.2, 0.25) is 5.28 Å². The second kappa shape index (κ2) is 10.9. The lowest BCUT2D eigenvalue weighted by Crippen LogP contribution is -2.22. The third kappa shape index (κ3) is 5.50. The van der Waals surface area contributed by atoms with Crippen molar-refractivity contribution in [1.29, 1.82) is 0 Å². The van der Waals surface area contributed by atoms with Crippen LogP contribution >= 0.6 is 11.6 Å². The van der Waals surface area contributed by atoms with Crippen LogP contribution in [0.25, 0.3) is 11.6 Å². The van der Waals surface area contributed by atoms with Gasteiger partial charge in [-0.25, -0.2) is 4.98 Å². The number of nitrogens with zero attached hydrogens (tertiary/aromatic N) is 2. The number of imidazole rings is 1. The van der Waals surface area contributed by atoms with Gasteiger partial charge in [0.05, 0.1) is 25.0 Å². The number of rotatable bonds is 9. The molecule has 3 aromatic rings. The van der Waals surface area contributed by atoms with Crippen LogP contribution in [0.15, 0.2) is 42.5 Å². The highest BCUT2D eigenvalue weighted by Gasteiger charge is 2.24. The molecule has 0 bridgehead atoms. The summed E-state index contributed by atoms with van der Waals surface area (Å²) >= 11 is 6.33. The van der Waals surface area contributed by atoms with Crippen LogP contribution in [-0.2, 0) is 22.9 Å². The molecule has 0 unspecified atom stereocenters. The number of likely N-dealkylation sites (N-methyl/N-ethyl adjacent to an activating group) is 1. The van der Waals surface area contributed by atoms with Crippen molar-refractivity contribution in [3.05, 3.63) is 81.4 Å². The highest BCUT2D eigenvalue weighted by molar-refractivity contribution is 6.30. The smallest absolute Gasteiger partial charge is 0.253 e. The number of aldehydes is 1. The number of amides is 1.